The molecule has 1 fully saturated rings. The molecule has 26 heavy (non-hydrogen) atoms. The van der Waals surface area contributed by atoms with Crippen LogP contribution in [0.4, 0.5) is 4.39 Å². The second-order valence-electron chi connectivity index (χ2n) is 6.49. The Bertz CT molecular complexity index is 868. The molecule has 3 aromatic carbocycles. The smallest absolute Gasteiger partial charge is 0.176 e. The molecular weight excluding hydrogens is 329 g/mol. The van der Waals surface area contributed by atoms with Gasteiger partial charge in [-0.2, -0.15) is 0 Å². The molecule has 4 heteroatoms. The van der Waals surface area contributed by atoms with Crippen LogP contribution >= 0.6 is 0 Å². The number of benzene rings is 3. The highest BCUT2D eigenvalue weighted by Crippen LogP contribution is 2.24. The predicted molar refractivity (Wildman–Crippen MR) is 100 cm³/mol. The monoisotopic (exact) mass is 351 g/mol. The third-order valence-corrected chi connectivity index (χ3v) is 4.75. The molecule has 0 aromatic heterocycles. The van der Waals surface area contributed by atoms with Crippen LogP contribution in [0.25, 0.3) is 10.8 Å². The fourth-order valence-corrected chi connectivity index (χ4v) is 3.50. The number of hydrogen-bond donors (Lipinski definition) is 1. The van der Waals surface area contributed by atoms with E-state index < -0.39 is 0 Å². The second kappa shape index (κ2) is 7.96. The van der Waals surface area contributed by atoms with Gasteiger partial charge in [0.1, 0.15) is 5.82 Å². The number of nitrogens with one attached hydrogen (secondary N) is 1. The Morgan fingerprint density at radius 1 is 1.04 bits per heavy atom. The fourth-order valence-electron chi connectivity index (χ4n) is 3.50. The maximum absolute atomic E-state index is 13.9. The average Bonchev–Trinajstić information content (AvgIpc) is 2.69. The van der Waals surface area contributed by atoms with E-state index in [1.807, 2.05) is 42.5 Å². The van der Waals surface area contributed by atoms with Crippen molar-refractivity contribution in [3.8, 4) is 0 Å². The zero-order chi connectivity index (χ0) is 17.8. The van der Waals surface area contributed by atoms with Crippen molar-refractivity contribution in [3.05, 3.63) is 83.7 Å². The molecule has 2 atom stereocenters. The van der Waals surface area contributed by atoms with Gasteiger partial charge in [-0.05, 0) is 40.5 Å². The van der Waals surface area contributed by atoms with Gasteiger partial charge < -0.3 is 14.8 Å². The van der Waals surface area contributed by atoms with Gasteiger partial charge in [0.2, 0.25) is 0 Å². The van der Waals surface area contributed by atoms with Gasteiger partial charge in [-0.1, -0.05) is 54.6 Å². The number of morpholine rings is 1. The van der Waals surface area contributed by atoms with Crippen LogP contribution in [0.3, 0.4) is 0 Å². The van der Waals surface area contributed by atoms with E-state index in [2.05, 4.69) is 17.4 Å². The normalized spacial score (nSPS) is 20.3. The topological polar surface area (TPSA) is 30.5 Å². The Hall–Kier alpha value is -2.27. The second-order valence-corrected chi connectivity index (χ2v) is 6.49. The summed E-state index contributed by atoms with van der Waals surface area (Å²) in [6, 6.07) is 21.2. The van der Waals surface area contributed by atoms with E-state index in [0.717, 1.165) is 28.4 Å². The third kappa shape index (κ3) is 3.78. The van der Waals surface area contributed by atoms with E-state index in [1.165, 1.54) is 0 Å². The highest BCUT2D eigenvalue weighted by Gasteiger charge is 2.27. The lowest BCUT2D eigenvalue weighted by molar-refractivity contribution is -0.176. The van der Waals surface area contributed by atoms with Crippen molar-refractivity contribution in [3.63, 3.8) is 0 Å². The lowest BCUT2D eigenvalue weighted by atomic mass is 10.0. The molecule has 0 saturated carbocycles. The van der Waals surface area contributed by atoms with Crippen LogP contribution in [0.1, 0.15) is 17.2 Å². The molecule has 3 nitrogen and oxygen atoms in total. The molecule has 1 aliphatic rings. The van der Waals surface area contributed by atoms with Gasteiger partial charge in [-0.25, -0.2) is 4.39 Å². The quantitative estimate of drug-likeness (QED) is 0.746. The van der Waals surface area contributed by atoms with Crippen molar-refractivity contribution in [1.29, 1.82) is 0 Å². The average molecular weight is 351 g/mol. The van der Waals surface area contributed by atoms with E-state index in [9.17, 15) is 4.39 Å². The van der Waals surface area contributed by atoms with Gasteiger partial charge in [0, 0.05) is 6.54 Å². The Morgan fingerprint density at radius 2 is 1.85 bits per heavy atom. The lowest BCUT2D eigenvalue weighted by Gasteiger charge is -2.33. The fraction of sp³-hybridized carbons (Fsp3) is 0.273. The van der Waals surface area contributed by atoms with Crippen molar-refractivity contribution < 1.29 is 13.9 Å². The Morgan fingerprint density at radius 3 is 2.73 bits per heavy atom. The molecule has 1 heterocycles. The minimum Gasteiger partial charge on any atom is -0.350 e. The SMILES string of the molecule is Fc1cc(CCOC2OCCNC2c2ccccc2)c2ccccc2c1. The van der Waals surface area contributed by atoms with Crippen molar-refractivity contribution in [2.24, 2.45) is 0 Å². The van der Waals surface area contributed by atoms with Gasteiger partial charge >= 0.3 is 0 Å². The molecule has 4 rings (SSSR count). The van der Waals surface area contributed by atoms with E-state index in [1.54, 1.807) is 12.1 Å². The van der Waals surface area contributed by atoms with Crippen molar-refractivity contribution in [1.82, 2.24) is 5.32 Å². The summed E-state index contributed by atoms with van der Waals surface area (Å²) < 4.78 is 25.8. The van der Waals surface area contributed by atoms with Crippen LogP contribution in [0.5, 0.6) is 0 Å². The van der Waals surface area contributed by atoms with Crippen LogP contribution < -0.4 is 5.32 Å². The first-order valence-corrected chi connectivity index (χ1v) is 9.00. The van der Waals surface area contributed by atoms with Crippen molar-refractivity contribution >= 4 is 10.8 Å². The number of fused-ring (bicyclic) bond motifs is 1. The molecule has 0 bridgehead atoms. The maximum Gasteiger partial charge on any atom is 0.176 e. The molecule has 1 aliphatic heterocycles. The number of halogens is 1. The standard InChI is InChI=1S/C22H22FNO2/c23-19-14-17-8-4-5-9-20(17)18(15-19)10-12-25-22-21(24-11-13-26-22)16-6-2-1-3-7-16/h1-9,14-15,21-22,24H,10-13H2. The van der Waals surface area contributed by atoms with Gasteiger partial charge in [0.05, 0.1) is 19.3 Å². The van der Waals surface area contributed by atoms with Crippen LogP contribution in [-0.2, 0) is 15.9 Å². The Balaban J connectivity index is 1.45. The summed E-state index contributed by atoms with van der Waals surface area (Å²) in [6.07, 6.45) is 0.297. The first-order valence-electron chi connectivity index (χ1n) is 9.00. The molecule has 2 unspecified atom stereocenters. The third-order valence-electron chi connectivity index (χ3n) is 4.75. The van der Waals surface area contributed by atoms with E-state index in [4.69, 9.17) is 9.47 Å². The summed E-state index contributed by atoms with van der Waals surface area (Å²) in [4.78, 5) is 0. The molecule has 134 valence electrons. The highest BCUT2D eigenvalue weighted by molar-refractivity contribution is 5.85. The first kappa shape index (κ1) is 17.2. The molecule has 3 aromatic rings. The molecule has 1 N–H and O–H groups in total. The van der Waals surface area contributed by atoms with Gasteiger partial charge in [-0.15, -0.1) is 0 Å². The summed E-state index contributed by atoms with van der Waals surface area (Å²) in [7, 11) is 0. The highest BCUT2D eigenvalue weighted by atomic mass is 19.1. The van der Waals surface area contributed by atoms with Gasteiger partial charge in [0.25, 0.3) is 0 Å². The molecule has 0 spiro atoms. The van der Waals surface area contributed by atoms with Crippen LogP contribution in [0, 0.1) is 5.82 Å². The van der Waals surface area contributed by atoms with Crippen LogP contribution in [0.2, 0.25) is 0 Å². The molecule has 0 radical (unpaired) electrons. The number of ether oxygens (including phenoxy) is 2. The Labute approximate surface area is 152 Å². The van der Waals surface area contributed by atoms with Crippen molar-refractivity contribution in [2.75, 3.05) is 19.8 Å². The minimum atomic E-state index is -0.342. The molecule has 0 amide bonds. The minimum absolute atomic E-state index is 0.00852. The largest absolute Gasteiger partial charge is 0.350 e. The first-order chi connectivity index (χ1) is 12.8. The van der Waals surface area contributed by atoms with E-state index >= 15 is 0 Å². The lowest BCUT2D eigenvalue weighted by Crippen LogP contribution is -2.43. The predicted octanol–water partition coefficient (Wildman–Crippen LogP) is 4.23. The number of hydrogen-bond acceptors (Lipinski definition) is 3. The van der Waals surface area contributed by atoms with Crippen LogP contribution in [0.15, 0.2) is 66.7 Å². The van der Waals surface area contributed by atoms with E-state index in [-0.39, 0.29) is 18.1 Å². The summed E-state index contributed by atoms with van der Waals surface area (Å²) >= 11 is 0. The van der Waals surface area contributed by atoms with Gasteiger partial charge in [-0.3, -0.25) is 0 Å². The maximum atomic E-state index is 13.9. The van der Waals surface area contributed by atoms with Crippen molar-refractivity contribution in [2.45, 2.75) is 18.8 Å². The zero-order valence-corrected chi connectivity index (χ0v) is 14.5. The van der Waals surface area contributed by atoms with E-state index in [0.29, 0.717) is 19.6 Å². The Kier molecular flexibility index (Phi) is 5.25. The van der Waals surface area contributed by atoms with Crippen LogP contribution in [-0.4, -0.2) is 26.0 Å². The van der Waals surface area contributed by atoms with Gasteiger partial charge in [0.15, 0.2) is 6.29 Å². The molecular formula is C22H22FNO2. The summed E-state index contributed by atoms with van der Waals surface area (Å²) in [5.41, 5.74) is 2.11. The summed E-state index contributed by atoms with van der Waals surface area (Å²) in [5.74, 6) is -0.212. The number of rotatable bonds is 5. The molecule has 0 aliphatic carbocycles. The zero-order valence-electron chi connectivity index (χ0n) is 14.5. The summed E-state index contributed by atoms with van der Waals surface area (Å²) in [6.45, 7) is 1.90. The summed E-state index contributed by atoms with van der Waals surface area (Å²) in [5, 5.41) is 5.45. The molecule has 1 saturated heterocycles.